The van der Waals surface area contributed by atoms with Gasteiger partial charge in [-0.2, -0.15) is 13.2 Å². The first-order valence-corrected chi connectivity index (χ1v) is 4.82. The average Bonchev–Trinajstić information content (AvgIpc) is 2.01. The molecule has 0 saturated carbocycles. The Morgan fingerprint density at radius 3 is 2.36 bits per heavy atom. The molecule has 0 saturated heterocycles. The van der Waals surface area contributed by atoms with E-state index in [1.54, 1.807) is 25.1 Å². The van der Waals surface area contributed by atoms with Gasteiger partial charge in [0.2, 0.25) is 0 Å². The van der Waals surface area contributed by atoms with Gasteiger partial charge in [-0.05, 0) is 30.3 Å². The van der Waals surface area contributed by atoms with Crippen molar-refractivity contribution in [3.63, 3.8) is 0 Å². The molecule has 14 heavy (non-hydrogen) atoms. The molecule has 0 unspecified atom stereocenters. The van der Waals surface area contributed by atoms with Gasteiger partial charge in [0, 0.05) is 10.9 Å². The fraction of sp³-hybridized carbons (Fsp3) is 0.333. The zero-order valence-electron chi connectivity index (χ0n) is 7.51. The molecule has 0 heterocycles. The number of alkyl halides is 3. The summed E-state index contributed by atoms with van der Waals surface area (Å²) >= 11 is -0.124. The molecule has 78 valence electrons. The van der Waals surface area contributed by atoms with Gasteiger partial charge in [-0.1, -0.05) is 18.2 Å². The molecule has 0 radical (unpaired) electrons. The molecule has 0 aliphatic rings. The number of nitrogens with two attached hydrogens (primary N) is 1. The molecule has 1 rings (SSSR count). The van der Waals surface area contributed by atoms with Crippen molar-refractivity contribution < 1.29 is 13.2 Å². The summed E-state index contributed by atoms with van der Waals surface area (Å²) in [6.07, 6.45) is 0. The number of benzene rings is 1. The molecule has 0 aromatic heterocycles. The monoisotopic (exact) mass is 221 g/mol. The lowest BCUT2D eigenvalue weighted by Crippen LogP contribution is -2.08. The Kier molecular flexibility index (Phi) is 3.44. The Morgan fingerprint density at radius 2 is 1.86 bits per heavy atom. The Labute approximate surface area is 84.5 Å². The van der Waals surface area contributed by atoms with Crippen molar-refractivity contribution in [1.29, 1.82) is 0 Å². The van der Waals surface area contributed by atoms with Gasteiger partial charge in [-0.3, -0.25) is 0 Å². The van der Waals surface area contributed by atoms with Crippen molar-refractivity contribution in [3.05, 3.63) is 29.8 Å². The van der Waals surface area contributed by atoms with E-state index in [1.807, 2.05) is 0 Å². The lowest BCUT2D eigenvalue weighted by molar-refractivity contribution is -0.0328. The number of rotatable bonds is 2. The molecule has 1 aromatic carbocycles. The maximum Gasteiger partial charge on any atom is 0.446 e. The van der Waals surface area contributed by atoms with Crippen molar-refractivity contribution in [3.8, 4) is 0 Å². The van der Waals surface area contributed by atoms with E-state index in [2.05, 4.69) is 0 Å². The van der Waals surface area contributed by atoms with Gasteiger partial charge in [0.05, 0.1) is 0 Å². The molecule has 1 nitrogen and oxygen atoms in total. The predicted octanol–water partition coefficient (Wildman–Crippen LogP) is 3.32. The molecule has 0 spiro atoms. The van der Waals surface area contributed by atoms with Crippen LogP contribution in [0.4, 0.5) is 13.2 Å². The Morgan fingerprint density at radius 1 is 1.29 bits per heavy atom. The Hall–Kier alpha value is -0.680. The normalized spacial score (nSPS) is 14.1. The standard InChI is InChI=1S/C9H10F3NS/c1-6(13)7-4-2-3-5-8(7)14-9(10,11)12/h2-6H,13H2,1H3/t6-/m1/s1. The van der Waals surface area contributed by atoms with Crippen LogP contribution in [0.25, 0.3) is 0 Å². The van der Waals surface area contributed by atoms with E-state index in [-0.39, 0.29) is 22.7 Å². The summed E-state index contributed by atoms with van der Waals surface area (Å²) in [4.78, 5) is 0.176. The van der Waals surface area contributed by atoms with Gasteiger partial charge >= 0.3 is 5.51 Å². The van der Waals surface area contributed by atoms with E-state index in [0.29, 0.717) is 5.56 Å². The van der Waals surface area contributed by atoms with Crippen LogP contribution >= 0.6 is 11.8 Å². The highest BCUT2D eigenvalue weighted by Gasteiger charge is 2.30. The third-order valence-corrected chi connectivity index (χ3v) is 2.46. The fourth-order valence-electron chi connectivity index (χ4n) is 1.07. The van der Waals surface area contributed by atoms with Crippen LogP contribution < -0.4 is 5.73 Å². The molecule has 2 N–H and O–H groups in total. The second-order valence-electron chi connectivity index (χ2n) is 2.87. The maximum absolute atomic E-state index is 12.1. The van der Waals surface area contributed by atoms with Crippen LogP contribution in [0.15, 0.2) is 29.2 Å². The van der Waals surface area contributed by atoms with E-state index in [0.717, 1.165) is 0 Å². The third kappa shape index (κ3) is 3.23. The average molecular weight is 221 g/mol. The number of halogens is 3. The lowest BCUT2D eigenvalue weighted by atomic mass is 10.1. The van der Waals surface area contributed by atoms with Crippen molar-refractivity contribution in [2.75, 3.05) is 0 Å². The van der Waals surface area contributed by atoms with Gasteiger partial charge in [-0.25, -0.2) is 0 Å². The van der Waals surface area contributed by atoms with Crippen LogP contribution in [-0.4, -0.2) is 5.51 Å². The predicted molar refractivity (Wildman–Crippen MR) is 51.0 cm³/mol. The minimum atomic E-state index is -4.26. The first-order chi connectivity index (χ1) is 6.40. The lowest BCUT2D eigenvalue weighted by Gasteiger charge is -2.13. The molecule has 0 fully saturated rings. The van der Waals surface area contributed by atoms with Crippen molar-refractivity contribution >= 4 is 11.8 Å². The summed E-state index contributed by atoms with van der Waals surface area (Å²) < 4.78 is 36.3. The molecular weight excluding hydrogens is 211 g/mol. The van der Waals surface area contributed by atoms with Crippen molar-refractivity contribution in [2.24, 2.45) is 5.73 Å². The molecular formula is C9H10F3NS. The smallest absolute Gasteiger partial charge is 0.324 e. The maximum atomic E-state index is 12.1. The largest absolute Gasteiger partial charge is 0.446 e. The van der Waals surface area contributed by atoms with Gasteiger partial charge < -0.3 is 5.73 Å². The minimum Gasteiger partial charge on any atom is -0.324 e. The van der Waals surface area contributed by atoms with Gasteiger partial charge in [0.25, 0.3) is 0 Å². The summed E-state index contributed by atoms with van der Waals surface area (Å²) in [5, 5.41) is 0. The van der Waals surface area contributed by atoms with E-state index < -0.39 is 5.51 Å². The quantitative estimate of drug-likeness (QED) is 0.775. The zero-order valence-corrected chi connectivity index (χ0v) is 8.32. The number of hydrogen-bond donors (Lipinski definition) is 1. The van der Waals surface area contributed by atoms with E-state index in [4.69, 9.17) is 5.73 Å². The van der Waals surface area contributed by atoms with Crippen LogP contribution in [0.1, 0.15) is 18.5 Å². The highest BCUT2D eigenvalue weighted by atomic mass is 32.2. The highest BCUT2D eigenvalue weighted by Crippen LogP contribution is 2.39. The van der Waals surface area contributed by atoms with Crippen LogP contribution in [0.2, 0.25) is 0 Å². The zero-order chi connectivity index (χ0) is 10.8. The summed E-state index contributed by atoms with van der Waals surface area (Å²) in [6, 6.07) is 5.90. The van der Waals surface area contributed by atoms with Crippen molar-refractivity contribution in [1.82, 2.24) is 0 Å². The summed E-state index contributed by atoms with van der Waals surface area (Å²) in [7, 11) is 0. The highest BCUT2D eigenvalue weighted by molar-refractivity contribution is 8.00. The second kappa shape index (κ2) is 4.23. The SMILES string of the molecule is C[C@@H](N)c1ccccc1SC(F)(F)F. The summed E-state index contributed by atoms with van der Waals surface area (Å²) in [6.45, 7) is 1.66. The van der Waals surface area contributed by atoms with E-state index >= 15 is 0 Å². The molecule has 0 amide bonds. The fourth-order valence-corrected chi connectivity index (χ4v) is 1.84. The van der Waals surface area contributed by atoms with Crippen LogP contribution in [0, 0.1) is 0 Å². The van der Waals surface area contributed by atoms with Crippen LogP contribution in [-0.2, 0) is 0 Å². The first-order valence-electron chi connectivity index (χ1n) is 4.00. The first kappa shape index (κ1) is 11.4. The summed E-state index contributed by atoms with van der Waals surface area (Å²) in [5.74, 6) is 0. The van der Waals surface area contributed by atoms with Crippen molar-refractivity contribution in [2.45, 2.75) is 23.4 Å². The van der Waals surface area contributed by atoms with Gasteiger partial charge in [0.1, 0.15) is 0 Å². The van der Waals surface area contributed by atoms with E-state index in [1.165, 1.54) is 6.07 Å². The summed E-state index contributed by atoms with van der Waals surface area (Å²) in [5.41, 5.74) is 1.82. The van der Waals surface area contributed by atoms with E-state index in [9.17, 15) is 13.2 Å². The Balaban J connectivity index is 2.96. The molecule has 0 aliphatic carbocycles. The van der Waals surface area contributed by atoms with Gasteiger partial charge in [0.15, 0.2) is 0 Å². The third-order valence-electron chi connectivity index (χ3n) is 1.64. The topological polar surface area (TPSA) is 26.0 Å². The Bertz CT molecular complexity index is 309. The van der Waals surface area contributed by atoms with Gasteiger partial charge in [-0.15, -0.1) is 0 Å². The molecule has 1 aromatic rings. The molecule has 5 heteroatoms. The number of hydrogen-bond acceptors (Lipinski definition) is 2. The minimum absolute atomic E-state index is 0.124. The van der Waals surface area contributed by atoms with Crippen LogP contribution in [0.3, 0.4) is 0 Å². The number of thioether (sulfide) groups is 1. The molecule has 1 atom stereocenters. The second-order valence-corrected chi connectivity index (χ2v) is 3.98. The molecule has 0 bridgehead atoms. The molecule has 0 aliphatic heterocycles. The van der Waals surface area contributed by atoms with Crippen LogP contribution in [0.5, 0.6) is 0 Å².